The first-order valence-corrected chi connectivity index (χ1v) is 9.98. The molecule has 1 saturated heterocycles. The molecule has 29 heavy (non-hydrogen) atoms. The Kier molecular flexibility index (Phi) is 7.09. The predicted octanol–water partition coefficient (Wildman–Crippen LogP) is 3.56. The van der Waals surface area contributed by atoms with E-state index in [4.69, 9.17) is 9.47 Å². The van der Waals surface area contributed by atoms with Crippen LogP contribution in [0.25, 0.3) is 0 Å². The van der Waals surface area contributed by atoms with Crippen molar-refractivity contribution in [2.45, 2.75) is 31.7 Å². The maximum absolute atomic E-state index is 13.4. The van der Waals surface area contributed by atoms with Gasteiger partial charge >= 0.3 is 0 Å². The minimum Gasteiger partial charge on any atom is -0.496 e. The Hall–Kier alpha value is -2.60. The third kappa shape index (κ3) is 5.26. The molecule has 156 valence electrons. The van der Waals surface area contributed by atoms with Gasteiger partial charge in [-0.05, 0) is 43.5 Å². The van der Waals surface area contributed by atoms with Gasteiger partial charge in [-0.25, -0.2) is 4.39 Å². The van der Waals surface area contributed by atoms with E-state index < -0.39 is 0 Å². The van der Waals surface area contributed by atoms with Crippen molar-refractivity contribution in [1.29, 1.82) is 0 Å². The number of hydrogen-bond acceptors (Lipinski definition) is 3. The van der Waals surface area contributed by atoms with Crippen molar-refractivity contribution in [3.05, 3.63) is 65.0 Å². The average molecular weight is 400 g/mol. The molecule has 1 aliphatic heterocycles. The average Bonchev–Trinajstić information content (AvgIpc) is 2.74. The lowest BCUT2D eigenvalue weighted by atomic mass is 9.73. The highest BCUT2D eigenvalue weighted by atomic mass is 19.1. The van der Waals surface area contributed by atoms with Crippen molar-refractivity contribution in [2.75, 3.05) is 33.9 Å². The van der Waals surface area contributed by atoms with Gasteiger partial charge in [0.1, 0.15) is 11.6 Å². The molecule has 0 saturated carbocycles. The molecule has 2 aromatic rings. The SMILES string of the molecule is CN=C(NCc1cccc(F)c1)NCC1(c2cc(C)ccc2OC)CCOCC1. The van der Waals surface area contributed by atoms with Crippen LogP contribution in [0.3, 0.4) is 0 Å². The molecule has 3 rings (SSSR count). The van der Waals surface area contributed by atoms with Crippen LogP contribution in [-0.2, 0) is 16.7 Å². The minimum absolute atomic E-state index is 0.105. The summed E-state index contributed by atoms with van der Waals surface area (Å²) in [5.74, 6) is 1.36. The van der Waals surface area contributed by atoms with Gasteiger partial charge in [0.05, 0.1) is 7.11 Å². The number of benzene rings is 2. The van der Waals surface area contributed by atoms with Crippen LogP contribution in [0.1, 0.15) is 29.5 Å². The molecule has 0 spiro atoms. The fourth-order valence-electron chi connectivity index (χ4n) is 3.85. The van der Waals surface area contributed by atoms with Crippen molar-refractivity contribution in [2.24, 2.45) is 4.99 Å². The normalized spacial score (nSPS) is 16.3. The number of halogens is 1. The summed E-state index contributed by atoms with van der Waals surface area (Å²) in [5, 5.41) is 6.74. The van der Waals surface area contributed by atoms with E-state index in [-0.39, 0.29) is 11.2 Å². The summed E-state index contributed by atoms with van der Waals surface area (Å²) in [6.07, 6.45) is 1.81. The molecular weight excluding hydrogens is 369 g/mol. The van der Waals surface area contributed by atoms with Crippen LogP contribution in [0.4, 0.5) is 4.39 Å². The highest BCUT2D eigenvalue weighted by Crippen LogP contribution is 2.40. The van der Waals surface area contributed by atoms with E-state index in [1.165, 1.54) is 23.3 Å². The van der Waals surface area contributed by atoms with Gasteiger partial charge in [0.15, 0.2) is 5.96 Å². The lowest BCUT2D eigenvalue weighted by Crippen LogP contribution is -2.48. The van der Waals surface area contributed by atoms with E-state index in [1.807, 2.05) is 12.1 Å². The van der Waals surface area contributed by atoms with E-state index in [0.717, 1.165) is 24.2 Å². The summed E-state index contributed by atoms with van der Waals surface area (Å²) >= 11 is 0. The molecule has 0 bridgehead atoms. The summed E-state index contributed by atoms with van der Waals surface area (Å²) < 4.78 is 24.7. The van der Waals surface area contributed by atoms with E-state index >= 15 is 0 Å². The molecule has 6 heteroatoms. The first-order valence-electron chi connectivity index (χ1n) is 9.98. The van der Waals surface area contributed by atoms with Gasteiger partial charge < -0.3 is 20.1 Å². The molecule has 1 aliphatic rings. The molecule has 5 nitrogen and oxygen atoms in total. The summed E-state index contributed by atoms with van der Waals surface area (Å²) in [7, 11) is 3.46. The van der Waals surface area contributed by atoms with Crippen molar-refractivity contribution < 1.29 is 13.9 Å². The second-order valence-electron chi connectivity index (χ2n) is 7.51. The molecule has 2 aromatic carbocycles. The lowest BCUT2D eigenvalue weighted by Gasteiger charge is -2.39. The molecule has 0 aromatic heterocycles. The second-order valence-corrected chi connectivity index (χ2v) is 7.51. The van der Waals surface area contributed by atoms with E-state index in [9.17, 15) is 4.39 Å². The number of methoxy groups -OCH3 is 1. The van der Waals surface area contributed by atoms with Gasteiger partial charge in [0, 0.05) is 44.3 Å². The van der Waals surface area contributed by atoms with Crippen LogP contribution in [0.5, 0.6) is 5.75 Å². The van der Waals surface area contributed by atoms with Crippen molar-refractivity contribution >= 4 is 5.96 Å². The topological polar surface area (TPSA) is 54.9 Å². The van der Waals surface area contributed by atoms with Crippen LogP contribution in [0.2, 0.25) is 0 Å². The van der Waals surface area contributed by atoms with Crippen LogP contribution in [0, 0.1) is 12.7 Å². The maximum Gasteiger partial charge on any atom is 0.191 e. The number of guanidine groups is 1. The highest BCUT2D eigenvalue weighted by Gasteiger charge is 2.37. The summed E-state index contributed by atoms with van der Waals surface area (Å²) in [6, 6.07) is 12.9. The number of nitrogens with one attached hydrogen (secondary N) is 2. The molecule has 0 amide bonds. The molecule has 0 atom stereocenters. The Morgan fingerprint density at radius 3 is 2.66 bits per heavy atom. The minimum atomic E-state index is -0.236. The quantitative estimate of drug-likeness (QED) is 0.576. The van der Waals surface area contributed by atoms with Gasteiger partial charge in [0.2, 0.25) is 0 Å². The molecule has 2 N–H and O–H groups in total. The van der Waals surface area contributed by atoms with Gasteiger partial charge in [-0.3, -0.25) is 4.99 Å². The standard InChI is InChI=1S/C23H30FN3O2/c1-17-7-8-21(28-3)20(13-17)23(9-11-29-12-10-23)16-27-22(25-2)26-15-18-5-4-6-19(24)14-18/h4-8,13-14H,9-12,15-16H2,1-3H3,(H2,25,26,27). The monoisotopic (exact) mass is 399 g/mol. The fraction of sp³-hybridized carbons (Fsp3) is 0.435. The smallest absolute Gasteiger partial charge is 0.191 e. The molecule has 0 unspecified atom stereocenters. The molecule has 1 heterocycles. The first kappa shape index (κ1) is 21.1. The molecule has 1 fully saturated rings. The van der Waals surface area contributed by atoms with E-state index in [0.29, 0.717) is 32.3 Å². The Balaban J connectivity index is 1.74. The van der Waals surface area contributed by atoms with Crippen molar-refractivity contribution in [3.63, 3.8) is 0 Å². The molecular formula is C23H30FN3O2. The zero-order valence-corrected chi connectivity index (χ0v) is 17.4. The van der Waals surface area contributed by atoms with Gasteiger partial charge in [-0.2, -0.15) is 0 Å². The molecule has 0 radical (unpaired) electrons. The van der Waals surface area contributed by atoms with Crippen LogP contribution < -0.4 is 15.4 Å². The Morgan fingerprint density at radius 1 is 1.17 bits per heavy atom. The zero-order valence-electron chi connectivity index (χ0n) is 17.4. The van der Waals surface area contributed by atoms with Crippen LogP contribution in [0.15, 0.2) is 47.5 Å². The van der Waals surface area contributed by atoms with Crippen molar-refractivity contribution in [3.8, 4) is 5.75 Å². The Morgan fingerprint density at radius 2 is 1.97 bits per heavy atom. The summed E-state index contributed by atoms with van der Waals surface area (Å²) in [4.78, 5) is 4.33. The fourth-order valence-corrected chi connectivity index (χ4v) is 3.85. The predicted molar refractivity (Wildman–Crippen MR) is 114 cm³/mol. The van der Waals surface area contributed by atoms with Crippen molar-refractivity contribution in [1.82, 2.24) is 10.6 Å². The van der Waals surface area contributed by atoms with Crippen LogP contribution >= 0.6 is 0 Å². The third-order valence-corrected chi connectivity index (χ3v) is 5.54. The Bertz CT molecular complexity index is 848. The zero-order chi connectivity index (χ0) is 20.7. The largest absolute Gasteiger partial charge is 0.496 e. The first-order chi connectivity index (χ1) is 14.1. The number of aryl methyl sites for hydroxylation is 1. The summed E-state index contributed by atoms with van der Waals surface area (Å²) in [5.41, 5.74) is 3.18. The lowest BCUT2D eigenvalue weighted by molar-refractivity contribution is 0.0505. The number of aliphatic imine (C=N–C) groups is 1. The van der Waals surface area contributed by atoms with Gasteiger partial charge in [-0.1, -0.05) is 29.8 Å². The highest BCUT2D eigenvalue weighted by molar-refractivity contribution is 5.79. The van der Waals surface area contributed by atoms with Gasteiger partial charge in [-0.15, -0.1) is 0 Å². The summed E-state index contributed by atoms with van der Waals surface area (Å²) in [6.45, 7) is 4.74. The Labute approximate surface area is 172 Å². The van der Waals surface area contributed by atoms with E-state index in [2.05, 4.69) is 34.7 Å². The van der Waals surface area contributed by atoms with Gasteiger partial charge in [0.25, 0.3) is 0 Å². The number of hydrogen-bond donors (Lipinski definition) is 2. The maximum atomic E-state index is 13.4. The third-order valence-electron chi connectivity index (χ3n) is 5.54. The van der Waals surface area contributed by atoms with Crippen LogP contribution in [-0.4, -0.2) is 39.9 Å². The molecule has 0 aliphatic carbocycles. The number of nitrogens with zero attached hydrogens (tertiary/aromatic N) is 1. The number of ether oxygens (including phenoxy) is 2. The van der Waals surface area contributed by atoms with E-state index in [1.54, 1.807) is 20.2 Å². The second kappa shape index (κ2) is 9.74. The number of rotatable bonds is 6.